The Hall–Kier alpha value is -1.81. The molecular formula is C17H20N4O2S3. The minimum Gasteiger partial charge on any atom is -0.359 e. The van der Waals surface area contributed by atoms with Crippen molar-refractivity contribution in [2.45, 2.75) is 17.6 Å². The van der Waals surface area contributed by atoms with Gasteiger partial charge in [0.1, 0.15) is 10.0 Å². The molecule has 6 nitrogen and oxygen atoms in total. The van der Waals surface area contributed by atoms with Crippen molar-refractivity contribution >= 4 is 38.0 Å². The highest BCUT2D eigenvalue weighted by atomic mass is 32.2. The first-order chi connectivity index (χ1) is 12.4. The molecule has 0 aliphatic carbocycles. The zero-order valence-electron chi connectivity index (χ0n) is 14.5. The van der Waals surface area contributed by atoms with Crippen LogP contribution in [0.15, 0.2) is 46.0 Å². The third-order valence-corrected chi connectivity index (χ3v) is 7.72. The van der Waals surface area contributed by atoms with Gasteiger partial charge in [-0.3, -0.25) is 0 Å². The van der Waals surface area contributed by atoms with Gasteiger partial charge in [-0.25, -0.2) is 13.4 Å². The van der Waals surface area contributed by atoms with Crippen LogP contribution in [0.4, 0.5) is 5.13 Å². The second-order valence-electron chi connectivity index (χ2n) is 5.87. The number of anilines is 1. The standard InChI is InChI=1S/C17H20N4O2S3/c1-13-5-3-6-14(11-13)12-15-19-17(25-20-15)18-8-9-21(2)26(22,23)16-7-4-10-24-16/h3-7,10-11H,8-9,12H2,1-2H3,(H,18,19,20). The normalized spacial score (nSPS) is 11.8. The van der Waals surface area contributed by atoms with E-state index in [0.29, 0.717) is 28.9 Å². The summed E-state index contributed by atoms with van der Waals surface area (Å²) in [5, 5.41) is 5.62. The molecule has 0 aliphatic heterocycles. The van der Waals surface area contributed by atoms with Gasteiger partial charge in [-0.15, -0.1) is 11.3 Å². The molecule has 138 valence electrons. The van der Waals surface area contributed by atoms with Crippen LogP contribution in [0.3, 0.4) is 0 Å². The number of hydrogen-bond acceptors (Lipinski definition) is 7. The molecule has 3 rings (SSSR count). The summed E-state index contributed by atoms with van der Waals surface area (Å²) in [5.74, 6) is 0.766. The molecule has 0 atom stereocenters. The van der Waals surface area contributed by atoms with E-state index in [9.17, 15) is 8.42 Å². The number of nitrogens with one attached hydrogen (secondary N) is 1. The topological polar surface area (TPSA) is 75.2 Å². The summed E-state index contributed by atoms with van der Waals surface area (Å²) in [5.41, 5.74) is 2.39. The molecule has 0 fully saturated rings. The lowest BCUT2D eigenvalue weighted by molar-refractivity contribution is 0.482. The van der Waals surface area contributed by atoms with Gasteiger partial charge < -0.3 is 5.32 Å². The van der Waals surface area contributed by atoms with Crippen molar-refractivity contribution in [3.05, 3.63) is 58.7 Å². The second kappa shape index (κ2) is 8.26. The number of benzene rings is 1. The van der Waals surface area contributed by atoms with E-state index < -0.39 is 10.0 Å². The molecule has 3 aromatic rings. The average molecular weight is 409 g/mol. The molecule has 0 radical (unpaired) electrons. The fourth-order valence-corrected chi connectivity index (χ4v) is 5.39. The van der Waals surface area contributed by atoms with Crippen LogP contribution in [0.25, 0.3) is 0 Å². The van der Waals surface area contributed by atoms with Crippen LogP contribution < -0.4 is 5.32 Å². The first-order valence-corrected chi connectivity index (χ1v) is 11.2. The number of rotatable bonds is 8. The van der Waals surface area contributed by atoms with Crippen LogP contribution in [0.1, 0.15) is 17.0 Å². The Morgan fingerprint density at radius 1 is 1.23 bits per heavy atom. The minimum atomic E-state index is -3.41. The lowest BCUT2D eigenvalue weighted by atomic mass is 10.1. The summed E-state index contributed by atoms with van der Waals surface area (Å²) in [6, 6.07) is 11.6. The Labute approximate surface area is 161 Å². The molecule has 0 aliphatic rings. The zero-order valence-corrected chi connectivity index (χ0v) is 17.0. The van der Waals surface area contributed by atoms with Crippen LogP contribution in [-0.4, -0.2) is 42.2 Å². The number of aromatic nitrogens is 2. The average Bonchev–Trinajstić information content (AvgIpc) is 3.27. The van der Waals surface area contributed by atoms with Gasteiger partial charge in [0.05, 0.1) is 0 Å². The first kappa shape index (κ1) is 19.0. The van der Waals surface area contributed by atoms with E-state index in [2.05, 4.69) is 39.8 Å². The number of likely N-dealkylation sites (N-methyl/N-ethyl adjacent to an activating group) is 1. The number of sulfonamides is 1. The highest BCUT2D eigenvalue weighted by Crippen LogP contribution is 2.20. The maximum atomic E-state index is 12.4. The van der Waals surface area contributed by atoms with Crippen molar-refractivity contribution in [2.24, 2.45) is 0 Å². The lowest BCUT2D eigenvalue weighted by Crippen LogP contribution is -2.31. The fourth-order valence-electron chi connectivity index (χ4n) is 2.41. The maximum absolute atomic E-state index is 12.4. The van der Waals surface area contributed by atoms with Gasteiger partial charge in [0, 0.05) is 38.1 Å². The first-order valence-electron chi connectivity index (χ1n) is 8.07. The van der Waals surface area contributed by atoms with E-state index in [1.54, 1.807) is 24.6 Å². The van der Waals surface area contributed by atoms with Crippen LogP contribution in [0.2, 0.25) is 0 Å². The summed E-state index contributed by atoms with van der Waals surface area (Å²) in [7, 11) is -1.83. The van der Waals surface area contributed by atoms with Gasteiger partial charge in [0.25, 0.3) is 10.0 Å². The Morgan fingerprint density at radius 2 is 2.08 bits per heavy atom. The van der Waals surface area contributed by atoms with Crippen LogP contribution in [0.5, 0.6) is 0 Å². The predicted octanol–water partition coefficient (Wildman–Crippen LogP) is 3.23. The molecule has 26 heavy (non-hydrogen) atoms. The highest BCUT2D eigenvalue weighted by Gasteiger charge is 2.21. The van der Waals surface area contributed by atoms with Gasteiger partial charge in [0.2, 0.25) is 5.13 Å². The molecule has 0 unspecified atom stereocenters. The van der Waals surface area contributed by atoms with Gasteiger partial charge in [-0.1, -0.05) is 35.9 Å². The molecular weight excluding hydrogens is 388 g/mol. The Bertz CT molecular complexity index is 952. The zero-order chi connectivity index (χ0) is 18.6. The third-order valence-electron chi connectivity index (χ3n) is 3.78. The van der Waals surface area contributed by atoms with Gasteiger partial charge in [0.15, 0.2) is 0 Å². The molecule has 0 amide bonds. The molecule has 0 saturated heterocycles. The quantitative estimate of drug-likeness (QED) is 0.619. The molecule has 2 heterocycles. The van der Waals surface area contributed by atoms with E-state index in [0.717, 1.165) is 5.82 Å². The molecule has 9 heteroatoms. The van der Waals surface area contributed by atoms with E-state index in [4.69, 9.17) is 0 Å². The monoisotopic (exact) mass is 408 g/mol. The Morgan fingerprint density at radius 3 is 2.81 bits per heavy atom. The summed E-state index contributed by atoms with van der Waals surface area (Å²) in [6.07, 6.45) is 0.687. The number of thiophene rings is 1. The second-order valence-corrected chi connectivity index (χ2v) is 9.84. The van der Waals surface area contributed by atoms with Crippen molar-refractivity contribution in [1.29, 1.82) is 0 Å². The largest absolute Gasteiger partial charge is 0.359 e. The summed E-state index contributed by atoms with van der Waals surface area (Å²) >= 11 is 2.51. The van der Waals surface area contributed by atoms with Crippen molar-refractivity contribution in [1.82, 2.24) is 13.7 Å². The smallest absolute Gasteiger partial charge is 0.252 e. The highest BCUT2D eigenvalue weighted by molar-refractivity contribution is 7.91. The van der Waals surface area contributed by atoms with Gasteiger partial charge >= 0.3 is 0 Å². The molecule has 1 aromatic carbocycles. The van der Waals surface area contributed by atoms with E-state index in [1.165, 1.54) is 38.3 Å². The minimum absolute atomic E-state index is 0.354. The molecule has 0 bridgehead atoms. The summed E-state index contributed by atoms with van der Waals surface area (Å²) in [4.78, 5) is 4.47. The summed E-state index contributed by atoms with van der Waals surface area (Å²) < 4.78 is 30.8. The van der Waals surface area contributed by atoms with Crippen molar-refractivity contribution in [2.75, 3.05) is 25.5 Å². The Kier molecular flexibility index (Phi) is 6.02. The summed E-state index contributed by atoms with van der Waals surface area (Å²) in [6.45, 7) is 2.89. The van der Waals surface area contributed by atoms with E-state index >= 15 is 0 Å². The van der Waals surface area contributed by atoms with Gasteiger partial charge in [-0.05, 0) is 23.9 Å². The van der Waals surface area contributed by atoms with Crippen molar-refractivity contribution in [3.8, 4) is 0 Å². The predicted molar refractivity (Wildman–Crippen MR) is 107 cm³/mol. The van der Waals surface area contributed by atoms with Gasteiger partial charge in [-0.2, -0.15) is 8.68 Å². The fraction of sp³-hybridized carbons (Fsp3) is 0.294. The molecule has 1 N–H and O–H groups in total. The van der Waals surface area contributed by atoms with Crippen molar-refractivity contribution in [3.63, 3.8) is 0 Å². The SMILES string of the molecule is Cc1cccc(Cc2nsc(NCCN(C)S(=O)(=O)c3cccs3)n2)c1. The van der Waals surface area contributed by atoms with E-state index in [1.807, 2.05) is 6.07 Å². The molecule has 2 aromatic heterocycles. The van der Waals surface area contributed by atoms with Crippen LogP contribution in [0, 0.1) is 6.92 Å². The number of aryl methyl sites for hydroxylation is 1. The van der Waals surface area contributed by atoms with Crippen molar-refractivity contribution < 1.29 is 8.42 Å². The maximum Gasteiger partial charge on any atom is 0.252 e. The van der Waals surface area contributed by atoms with Crippen LogP contribution in [-0.2, 0) is 16.4 Å². The van der Waals surface area contributed by atoms with E-state index in [-0.39, 0.29) is 0 Å². The number of nitrogens with zero attached hydrogens (tertiary/aromatic N) is 3. The van der Waals surface area contributed by atoms with Crippen LogP contribution >= 0.6 is 22.9 Å². The molecule has 0 saturated carbocycles. The third kappa shape index (κ3) is 4.67. The number of hydrogen-bond donors (Lipinski definition) is 1. The Balaban J connectivity index is 1.52. The molecule has 0 spiro atoms. The lowest BCUT2D eigenvalue weighted by Gasteiger charge is -2.15.